The lowest BCUT2D eigenvalue weighted by molar-refractivity contribution is -0.137. The number of hydrogen-bond acceptors (Lipinski definition) is 4. The Morgan fingerprint density at radius 1 is 1.00 bits per heavy atom. The summed E-state index contributed by atoms with van der Waals surface area (Å²) in [5, 5.41) is 3.12. The van der Waals surface area contributed by atoms with Crippen LogP contribution in [0.4, 0.5) is 36.6 Å². The van der Waals surface area contributed by atoms with Gasteiger partial charge in [-0.1, -0.05) is 29.8 Å². The molecular weight excluding hydrogens is 419 g/mol. The van der Waals surface area contributed by atoms with E-state index in [0.717, 1.165) is 18.5 Å². The largest absolute Gasteiger partial charge is 0.405 e. The zero-order chi connectivity index (χ0) is 20.7. The van der Waals surface area contributed by atoms with Gasteiger partial charge >= 0.3 is 12.4 Å². The SMILES string of the molecule is Fc1ccccc1-c1c(Cl)nc2ncnn2c1N(CC(F)(F)F)CC(F)(F)F. The number of aromatic nitrogens is 4. The first-order valence-electron chi connectivity index (χ1n) is 7.49. The summed E-state index contributed by atoms with van der Waals surface area (Å²) < 4.78 is 93.1. The minimum absolute atomic E-state index is 0.0307. The molecule has 0 N–H and O–H groups in total. The fourth-order valence-corrected chi connectivity index (χ4v) is 2.89. The number of halogens is 8. The molecule has 3 aromatic rings. The summed E-state index contributed by atoms with van der Waals surface area (Å²) in [4.78, 5) is 7.40. The highest BCUT2D eigenvalue weighted by Gasteiger charge is 2.40. The summed E-state index contributed by atoms with van der Waals surface area (Å²) in [6, 6.07) is 4.79. The summed E-state index contributed by atoms with van der Waals surface area (Å²) in [6.45, 7) is -3.97. The summed E-state index contributed by atoms with van der Waals surface area (Å²) in [7, 11) is 0. The molecule has 2 aromatic heterocycles. The first kappa shape index (κ1) is 20.1. The zero-order valence-electron chi connectivity index (χ0n) is 13.6. The van der Waals surface area contributed by atoms with Crippen LogP contribution in [0.2, 0.25) is 5.15 Å². The molecule has 0 saturated heterocycles. The molecule has 150 valence electrons. The molecule has 0 unspecified atom stereocenters. The number of rotatable bonds is 4. The standard InChI is InChI=1S/C15H9ClF7N5/c16-11-10(8-3-1-2-4-9(8)17)12(28-13(26-11)24-7-25-28)27(5-14(18,19)20)6-15(21,22)23/h1-4,7H,5-6H2. The van der Waals surface area contributed by atoms with Crippen LogP contribution in [0.3, 0.4) is 0 Å². The smallest absolute Gasteiger partial charge is 0.338 e. The molecule has 0 radical (unpaired) electrons. The zero-order valence-corrected chi connectivity index (χ0v) is 14.3. The fraction of sp³-hybridized carbons (Fsp3) is 0.267. The summed E-state index contributed by atoms with van der Waals surface area (Å²) in [6.07, 6.45) is -9.12. The molecule has 0 fully saturated rings. The van der Waals surface area contributed by atoms with E-state index in [9.17, 15) is 30.7 Å². The van der Waals surface area contributed by atoms with Crippen LogP contribution < -0.4 is 4.90 Å². The number of anilines is 1. The lowest BCUT2D eigenvalue weighted by Gasteiger charge is -2.29. The van der Waals surface area contributed by atoms with E-state index in [0.29, 0.717) is 4.52 Å². The van der Waals surface area contributed by atoms with Crippen molar-refractivity contribution in [3.05, 3.63) is 41.6 Å². The average molecular weight is 428 g/mol. The van der Waals surface area contributed by atoms with Crippen molar-refractivity contribution in [2.24, 2.45) is 0 Å². The third kappa shape index (κ3) is 4.26. The van der Waals surface area contributed by atoms with Crippen LogP contribution in [-0.4, -0.2) is 45.0 Å². The van der Waals surface area contributed by atoms with Crippen LogP contribution >= 0.6 is 11.6 Å². The van der Waals surface area contributed by atoms with Crippen molar-refractivity contribution in [1.29, 1.82) is 0 Å². The maximum absolute atomic E-state index is 14.3. The number of nitrogens with zero attached hydrogens (tertiary/aromatic N) is 5. The molecule has 2 heterocycles. The lowest BCUT2D eigenvalue weighted by Crippen LogP contribution is -2.42. The van der Waals surface area contributed by atoms with Crippen molar-refractivity contribution in [3.8, 4) is 11.1 Å². The van der Waals surface area contributed by atoms with E-state index in [-0.39, 0.29) is 16.2 Å². The van der Waals surface area contributed by atoms with Crippen LogP contribution in [0.25, 0.3) is 16.9 Å². The molecule has 0 amide bonds. The normalized spacial score (nSPS) is 12.6. The Kier molecular flexibility index (Phi) is 5.08. The summed E-state index contributed by atoms with van der Waals surface area (Å²) in [5.74, 6) is -1.98. The van der Waals surface area contributed by atoms with Crippen LogP contribution in [0.1, 0.15) is 0 Å². The molecule has 3 rings (SSSR count). The number of fused-ring (bicyclic) bond motifs is 1. The predicted molar refractivity (Wildman–Crippen MR) is 85.5 cm³/mol. The maximum Gasteiger partial charge on any atom is 0.405 e. The molecule has 0 atom stereocenters. The van der Waals surface area contributed by atoms with Crippen LogP contribution in [0.15, 0.2) is 30.6 Å². The average Bonchev–Trinajstić information content (AvgIpc) is 2.99. The molecule has 0 saturated carbocycles. The molecular formula is C15H9ClF7N5. The van der Waals surface area contributed by atoms with Crippen LogP contribution in [0, 0.1) is 5.82 Å². The topological polar surface area (TPSA) is 46.3 Å². The van der Waals surface area contributed by atoms with E-state index in [2.05, 4.69) is 15.1 Å². The van der Waals surface area contributed by atoms with Crippen molar-refractivity contribution in [2.45, 2.75) is 12.4 Å². The van der Waals surface area contributed by atoms with Gasteiger partial charge in [0.15, 0.2) is 0 Å². The second-order valence-corrected chi connectivity index (χ2v) is 6.00. The van der Waals surface area contributed by atoms with Gasteiger partial charge in [-0.15, -0.1) is 0 Å². The molecule has 13 heteroatoms. The Labute approximate surface area is 157 Å². The number of alkyl halides is 6. The van der Waals surface area contributed by atoms with Crippen LogP contribution in [-0.2, 0) is 0 Å². The van der Waals surface area contributed by atoms with Gasteiger partial charge in [-0.3, -0.25) is 0 Å². The third-order valence-electron chi connectivity index (χ3n) is 3.54. The third-order valence-corrected chi connectivity index (χ3v) is 3.81. The second-order valence-electron chi connectivity index (χ2n) is 5.64. The highest BCUT2D eigenvalue weighted by Crippen LogP contribution is 2.39. The van der Waals surface area contributed by atoms with Gasteiger partial charge in [-0.2, -0.15) is 45.9 Å². The number of hydrogen-bond donors (Lipinski definition) is 0. The van der Waals surface area contributed by atoms with E-state index in [4.69, 9.17) is 11.6 Å². The van der Waals surface area contributed by atoms with Gasteiger partial charge in [-0.05, 0) is 6.07 Å². The highest BCUT2D eigenvalue weighted by atomic mass is 35.5. The monoisotopic (exact) mass is 427 g/mol. The maximum atomic E-state index is 14.3. The molecule has 0 aliphatic rings. The van der Waals surface area contributed by atoms with Crippen molar-refractivity contribution < 1.29 is 30.7 Å². The van der Waals surface area contributed by atoms with Gasteiger partial charge in [0.2, 0.25) is 0 Å². The second kappa shape index (κ2) is 7.08. The van der Waals surface area contributed by atoms with E-state index >= 15 is 0 Å². The minimum Gasteiger partial charge on any atom is -0.338 e. The molecule has 0 spiro atoms. The van der Waals surface area contributed by atoms with Crippen molar-refractivity contribution in [1.82, 2.24) is 19.6 Å². The van der Waals surface area contributed by atoms with Crippen LogP contribution in [0.5, 0.6) is 0 Å². The minimum atomic E-state index is -5.00. The Morgan fingerprint density at radius 3 is 2.18 bits per heavy atom. The van der Waals surface area contributed by atoms with Crippen molar-refractivity contribution >= 4 is 23.2 Å². The Morgan fingerprint density at radius 2 is 1.61 bits per heavy atom. The van der Waals surface area contributed by atoms with Crippen molar-refractivity contribution in [2.75, 3.05) is 18.0 Å². The Bertz CT molecular complexity index is 983. The van der Waals surface area contributed by atoms with Gasteiger partial charge < -0.3 is 4.90 Å². The Balaban J connectivity index is 2.34. The molecule has 1 aromatic carbocycles. The van der Waals surface area contributed by atoms with E-state index in [1.165, 1.54) is 12.1 Å². The van der Waals surface area contributed by atoms with Gasteiger partial charge in [-0.25, -0.2) is 4.39 Å². The highest BCUT2D eigenvalue weighted by molar-refractivity contribution is 6.33. The van der Waals surface area contributed by atoms with Gasteiger partial charge in [0.05, 0.1) is 5.56 Å². The molecule has 28 heavy (non-hydrogen) atoms. The number of benzene rings is 1. The van der Waals surface area contributed by atoms with Crippen molar-refractivity contribution in [3.63, 3.8) is 0 Å². The van der Waals surface area contributed by atoms with E-state index in [1.54, 1.807) is 0 Å². The molecule has 5 nitrogen and oxygen atoms in total. The van der Waals surface area contributed by atoms with Gasteiger partial charge in [0.25, 0.3) is 5.78 Å². The van der Waals surface area contributed by atoms with E-state index in [1.807, 2.05) is 0 Å². The lowest BCUT2D eigenvalue weighted by atomic mass is 10.1. The molecule has 0 aliphatic carbocycles. The predicted octanol–water partition coefficient (Wildman–Crippen LogP) is 4.51. The first-order chi connectivity index (χ1) is 13.0. The van der Waals surface area contributed by atoms with Gasteiger partial charge in [0, 0.05) is 5.56 Å². The molecule has 0 bridgehead atoms. The summed E-state index contributed by atoms with van der Waals surface area (Å²) in [5.41, 5.74) is -0.798. The Hall–Kier alpha value is -2.63. The van der Waals surface area contributed by atoms with Gasteiger partial charge in [0.1, 0.15) is 36.2 Å². The fourth-order valence-electron chi connectivity index (χ4n) is 2.63. The van der Waals surface area contributed by atoms with E-state index < -0.39 is 47.8 Å². The molecule has 0 aliphatic heterocycles. The quantitative estimate of drug-likeness (QED) is 0.454. The summed E-state index contributed by atoms with van der Waals surface area (Å²) >= 11 is 6.01. The first-order valence-corrected chi connectivity index (χ1v) is 7.86.